The highest BCUT2D eigenvalue weighted by Crippen LogP contribution is 2.11. The van der Waals surface area contributed by atoms with Crippen LogP contribution in [0.3, 0.4) is 0 Å². The van der Waals surface area contributed by atoms with Gasteiger partial charge in [0.15, 0.2) is 0 Å². The molecule has 1 aliphatic rings. The third-order valence-corrected chi connectivity index (χ3v) is 3.65. The molecule has 3 rings (SSSR count). The van der Waals surface area contributed by atoms with Crippen LogP contribution in [0.4, 0.5) is 5.95 Å². The molecule has 0 saturated carbocycles. The number of hydrogen-bond donors (Lipinski definition) is 2. The van der Waals surface area contributed by atoms with Gasteiger partial charge in [-0.2, -0.15) is 4.98 Å². The van der Waals surface area contributed by atoms with Crippen molar-refractivity contribution in [1.29, 1.82) is 0 Å². The van der Waals surface area contributed by atoms with E-state index in [1.54, 1.807) is 0 Å². The first-order valence-electron chi connectivity index (χ1n) is 7.24. The number of anilines is 1. The highest BCUT2D eigenvalue weighted by molar-refractivity contribution is 5.30. The number of nitrogens with one attached hydrogen (secondary N) is 2. The molecule has 1 aromatic carbocycles. The van der Waals surface area contributed by atoms with Gasteiger partial charge in [0.1, 0.15) is 5.82 Å². The molecule has 0 unspecified atom stereocenters. The fraction of sp³-hybridized carbons (Fsp3) is 0.467. The first kappa shape index (κ1) is 13.1. The van der Waals surface area contributed by atoms with Gasteiger partial charge in [0, 0.05) is 32.6 Å². The Morgan fingerprint density at radius 1 is 1.20 bits per heavy atom. The number of aromatic nitrogens is 3. The first-order chi connectivity index (χ1) is 9.81. The van der Waals surface area contributed by atoms with E-state index in [1.165, 1.54) is 11.1 Å². The summed E-state index contributed by atoms with van der Waals surface area (Å²) in [6.07, 6.45) is 1.90. The second-order valence-corrected chi connectivity index (χ2v) is 5.31. The smallest absolute Gasteiger partial charge is 0.244 e. The number of aryl methyl sites for hydroxylation is 3. The van der Waals surface area contributed by atoms with Crippen LogP contribution >= 0.6 is 0 Å². The molecule has 1 fully saturated rings. The lowest BCUT2D eigenvalue weighted by molar-refractivity contribution is 0.580. The molecule has 2 heterocycles. The molecule has 106 valence electrons. The molecule has 0 atom stereocenters. The van der Waals surface area contributed by atoms with E-state index in [2.05, 4.69) is 56.6 Å². The predicted octanol–water partition coefficient (Wildman–Crippen LogP) is 1.31. The van der Waals surface area contributed by atoms with Gasteiger partial charge in [0.05, 0.1) is 0 Å². The van der Waals surface area contributed by atoms with Gasteiger partial charge < -0.3 is 10.2 Å². The van der Waals surface area contributed by atoms with E-state index < -0.39 is 0 Å². The Balaban J connectivity index is 1.59. The monoisotopic (exact) mass is 271 g/mol. The minimum Gasteiger partial charge on any atom is -0.337 e. The van der Waals surface area contributed by atoms with Crippen molar-refractivity contribution in [1.82, 2.24) is 20.5 Å². The fourth-order valence-corrected chi connectivity index (χ4v) is 2.53. The zero-order valence-corrected chi connectivity index (χ0v) is 11.9. The summed E-state index contributed by atoms with van der Waals surface area (Å²) in [5.41, 5.74) is 2.66. The number of piperazine rings is 1. The molecule has 2 N–H and O–H groups in total. The molecule has 0 amide bonds. The van der Waals surface area contributed by atoms with E-state index in [0.717, 1.165) is 50.8 Å². The summed E-state index contributed by atoms with van der Waals surface area (Å²) in [6, 6.07) is 8.63. The van der Waals surface area contributed by atoms with Gasteiger partial charge in [-0.05, 0) is 18.9 Å². The van der Waals surface area contributed by atoms with Crippen molar-refractivity contribution in [3.63, 3.8) is 0 Å². The molecule has 1 saturated heterocycles. The number of rotatable bonds is 4. The Labute approximate surface area is 119 Å². The van der Waals surface area contributed by atoms with Gasteiger partial charge >= 0.3 is 0 Å². The maximum Gasteiger partial charge on any atom is 0.244 e. The molecule has 1 aliphatic heterocycles. The quantitative estimate of drug-likeness (QED) is 0.880. The summed E-state index contributed by atoms with van der Waals surface area (Å²) < 4.78 is 0. The molecular formula is C15H21N5. The summed E-state index contributed by atoms with van der Waals surface area (Å²) >= 11 is 0. The van der Waals surface area contributed by atoms with Gasteiger partial charge in [-0.3, -0.25) is 5.10 Å². The lowest BCUT2D eigenvalue weighted by atomic mass is 10.1. The van der Waals surface area contributed by atoms with Gasteiger partial charge in [-0.15, -0.1) is 5.10 Å². The number of benzene rings is 1. The lowest BCUT2D eigenvalue weighted by Gasteiger charge is -2.25. The fourth-order valence-electron chi connectivity index (χ4n) is 2.53. The largest absolute Gasteiger partial charge is 0.337 e. The molecular weight excluding hydrogens is 250 g/mol. The summed E-state index contributed by atoms with van der Waals surface area (Å²) in [5, 5.41) is 10.7. The van der Waals surface area contributed by atoms with Gasteiger partial charge in [0.2, 0.25) is 5.95 Å². The molecule has 0 aliphatic carbocycles. The molecule has 5 heteroatoms. The minimum atomic E-state index is 0.839. The average molecular weight is 271 g/mol. The van der Waals surface area contributed by atoms with Crippen LogP contribution < -0.4 is 10.2 Å². The van der Waals surface area contributed by atoms with Crippen LogP contribution in [0.1, 0.15) is 17.0 Å². The van der Waals surface area contributed by atoms with E-state index in [1.807, 2.05) is 0 Å². The average Bonchev–Trinajstić information content (AvgIpc) is 2.95. The highest BCUT2D eigenvalue weighted by Gasteiger charge is 2.14. The van der Waals surface area contributed by atoms with Crippen molar-refractivity contribution < 1.29 is 0 Å². The molecule has 2 aromatic rings. The molecule has 0 radical (unpaired) electrons. The first-order valence-corrected chi connectivity index (χ1v) is 7.24. The topological polar surface area (TPSA) is 56.8 Å². The molecule has 0 bridgehead atoms. The van der Waals surface area contributed by atoms with Gasteiger partial charge in [0.25, 0.3) is 0 Å². The van der Waals surface area contributed by atoms with E-state index in [-0.39, 0.29) is 0 Å². The van der Waals surface area contributed by atoms with E-state index >= 15 is 0 Å². The van der Waals surface area contributed by atoms with Crippen molar-refractivity contribution in [2.75, 3.05) is 31.1 Å². The summed E-state index contributed by atoms with van der Waals surface area (Å²) in [4.78, 5) is 6.83. The third-order valence-electron chi connectivity index (χ3n) is 3.65. The third kappa shape index (κ3) is 3.17. The Morgan fingerprint density at radius 3 is 2.85 bits per heavy atom. The Bertz CT molecular complexity index is 557. The Hall–Kier alpha value is -1.88. The van der Waals surface area contributed by atoms with E-state index in [0.29, 0.717) is 0 Å². The summed E-state index contributed by atoms with van der Waals surface area (Å²) in [6.45, 7) is 6.10. The second-order valence-electron chi connectivity index (χ2n) is 5.31. The SMILES string of the molecule is Cc1cccc(CCc2nc(N3CCNCC3)n[nH]2)c1. The van der Waals surface area contributed by atoms with Crippen LogP contribution in [0, 0.1) is 6.92 Å². The second kappa shape index (κ2) is 6.05. The standard InChI is InChI=1S/C15H21N5/c1-12-3-2-4-13(11-12)5-6-14-17-15(19-18-14)20-9-7-16-8-10-20/h2-4,11,16H,5-10H2,1H3,(H,17,18,19). The number of hydrogen-bond acceptors (Lipinski definition) is 4. The van der Waals surface area contributed by atoms with Crippen LogP contribution in [0.5, 0.6) is 0 Å². The van der Waals surface area contributed by atoms with Crippen molar-refractivity contribution in [2.24, 2.45) is 0 Å². The van der Waals surface area contributed by atoms with Crippen LogP contribution in [0.15, 0.2) is 24.3 Å². The maximum atomic E-state index is 4.60. The Morgan fingerprint density at radius 2 is 2.05 bits per heavy atom. The number of aromatic amines is 1. The van der Waals surface area contributed by atoms with Crippen molar-refractivity contribution in [2.45, 2.75) is 19.8 Å². The summed E-state index contributed by atoms with van der Waals surface area (Å²) in [5.74, 6) is 1.81. The van der Waals surface area contributed by atoms with Crippen LogP contribution in [0.2, 0.25) is 0 Å². The number of nitrogens with zero attached hydrogens (tertiary/aromatic N) is 3. The normalized spacial score (nSPS) is 15.6. The van der Waals surface area contributed by atoms with Crippen molar-refractivity contribution >= 4 is 5.95 Å². The van der Waals surface area contributed by atoms with Crippen molar-refractivity contribution in [3.8, 4) is 0 Å². The predicted molar refractivity (Wildman–Crippen MR) is 80.1 cm³/mol. The minimum absolute atomic E-state index is 0.839. The summed E-state index contributed by atoms with van der Waals surface area (Å²) in [7, 11) is 0. The Kier molecular flexibility index (Phi) is 3.97. The van der Waals surface area contributed by atoms with Crippen LogP contribution in [0.25, 0.3) is 0 Å². The van der Waals surface area contributed by atoms with Crippen LogP contribution in [-0.2, 0) is 12.8 Å². The van der Waals surface area contributed by atoms with Crippen LogP contribution in [-0.4, -0.2) is 41.4 Å². The van der Waals surface area contributed by atoms with E-state index in [9.17, 15) is 0 Å². The van der Waals surface area contributed by atoms with Crippen molar-refractivity contribution in [3.05, 3.63) is 41.2 Å². The molecule has 1 aromatic heterocycles. The lowest BCUT2D eigenvalue weighted by Crippen LogP contribution is -2.44. The molecule has 0 spiro atoms. The van der Waals surface area contributed by atoms with Gasteiger partial charge in [-0.1, -0.05) is 29.8 Å². The van der Waals surface area contributed by atoms with Gasteiger partial charge in [-0.25, -0.2) is 0 Å². The zero-order valence-electron chi connectivity index (χ0n) is 11.9. The number of H-pyrrole nitrogens is 1. The van der Waals surface area contributed by atoms with E-state index in [4.69, 9.17) is 0 Å². The molecule has 20 heavy (non-hydrogen) atoms. The highest BCUT2D eigenvalue weighted by atomic mass is 15.4. The maximum absolute atomic E-state index is 4.60. The molecule has 5 nitrogen and oxygen atoms in total. The zero-order chi connectivity index (χ0) is 13.8.